The van der Waals surface area contributed by atoms with Crippen LogP contribution >= 0.6 is 0 Å². The minimum atomic E-state index is -0.276. The van der Waals surface area contributed by atoms with E-state index in [2.05, 4.69) is 12.2 Å². The van der Waals surface area contributed by atoms with E-state index in [9.17, 15) is 9.59 Å². The van der Waals surface area contributed by atoms with Gasteiger partial charge in [-0.3, -0.25) is 9.59 Å². The molecule has 102 valence electrons. The summed E-state index contributed by atoms with van der Waals surface area (Å²) in [6.07, 6.45) is 4.25. The molecular formula is C13H22N2O3. The van der Waals surface area contributed by atoms with Crippen LogP contribution in [0.25, 0.3) is 0 Å². The molecule has 0 aromatic rings. The molecule has 0 bridgehead atoms. The molecule has 2 amide bonds. The maximum atomic E-state index is 12.1. The Morgan fingerprint density at radius 3 is 2.78 bits per heavy atom. The van der Waals surface area contributed by atoms with Crippen molar-refractivity contribution in [3.05, 3.63) is 0 Å². The van der Waals surface area contributed by atoms with Crippen LogP contribution in [0.2, 0.25) is 0 Å². The van der Waals surface area contributed by atoms with Crippen molar-refractivity contribution in [2.24, 2.45) is 5.92 Å². The predicted molar refractivity (Wildman–Crippen MR) is 67.0 cm³/mol. The topological polar surface area (TPSA) is 58.6 Å². The quantitative estimate of drug-likeness (QED) is 0.675. The molecule has 0 radical (unpaired) electrons. The second-order valence-electron chi connectivity index (χ2n) is 5.11. The standard InChI is InChI=1S/C13H22N2O3/c1-2-3-7-18-8-6-15-9-11(16)14-12(13(15)17)10-4-5-10/h10,12H,2-9H2,1H3,(H,14,16). The Balaban J connectivity index is 1.75. The Kier molecular flexibility index (Phi) is 4.58. The number of nitrogens with one attached hydrogen (secondary N) is 1. The summed E-state index contributed by atoms with van der Waals surface area (Å²) >= 11 is 0. The first kappa shape index (κ1) is 13.3. The molecule has 1 unspecified atom stereocenters. The lowest BCUT2D eigenvalue weighted by Gasteiger charge is -2.32. The molecule has 2 rings (SSSR count). The van der Waals surface area contributed by atoms with Gasteiger partial charge in [0.2, 0.25) is 11.8 Å². The Morgan fingerprint density at radius 2 is 2.11 bits per heavy atom. The van der Waals surface area contributed by atoms with Crippen molar-refractivity contribution in [1.29, 1.82) is 0 Å². The molecule has 1 saturated carbocycles. The van der Waals surface area contributed by atoms with Crippen LogP contribution in [0.1, 0.15) is 32.6 Å². The summed E-state index contributed by atoms with van der Waals surface area (Å²) in [4.78, 5) is 25.3. The number of unbranched alkanes of at least 4 members (excludes halogenated alkanes) is 1. The molecule has 1 aliphatic carbocycles. The highest BCUT2D eigenvalue weighted by Gasteiger charge is 2.42. The van der Waals surface area contributed by atoms with Gasteiger partial charge in [0.25, 0.3) is 0 Å². The Labute approximate surface area is 108 Å². The van der Waals surface area contributed by atoms with Crippen LogP contribution in [0.4, 0.5) is 0 Å². The molecule has 0 aromatic carbocycles. The van der Waals surface area contributed by atoms with Gasteiger partial charge in [0.1, 0.15) is 6.04 Å². The molecule has 5 nitrogen and oxygen atoms in total. The van der Waals surface area contributed by atoms with Crippen LogP contribution in [0.5, 0.6) is 0 Å². The van der Waals surface area contributed by atoms with Crippen molar-refractivity contribution in [3.8, 4) is 0 Å². The van der Waals surface area contributed by atoms with Crippen LogP contribution < -0.4 is 5.32 Å². The SMILES string of the molecule is CCCCOCCN1CC(=O)NC(C2CC2)C1=O. The van der Waals surface area contributed by atoms with Crippen LogP contribution in [0.15, 0.2) is 0 Å². The summed E-state index contributed by atoms with van der Waals surface area (Å²) in [5, 5.41) is 2.80. The normalized spacial score (nSPS) is 24.3. The van der Waals surface area contributed by atoms with Crippen molar-refractivity contribution in [3.63, 3.8) is 0 Å². The fourth-order valence-corrected chi connectivity index (χ4v) is 2.19. The van der Waals surface area contributed by atoms with Crippen molar-refractivity contribution in [2.75, 3.05) is 26.3 Å². The fraction of sp³-hybridized carbons (Fsp3) is 0.846. The highest BCUT2D eigenvalue weighted by atomic mass is 16.5. The van der Waals surface area contributed by atoms with Gasteiger partial charge in [-0.15, -0.1) is 0 Å². The average Bonchev–Trinajstić information content (AvgIpc) is 3.17. The van der Waals surface area contributed by atoms with Gasteiger partial charge in [0.05, 0.1) is 13.2 Å². The largest absolute Gasteiger partial charge is 0.380 e. The molecule has 5 heteroatoms. The minimum absolute atomic E-state index is 0.0416. The average molecular weight is 254 g/mol. The van der Waals surface area contributed by atoms with Gasteiger partial charge in [-0.05, 0) is 25.2 Å². The van der Waals surface area contributed by atoms with Crippen molar-refractivity contribution >= 4 is 11.8 Å². The Hall–Kier alpha value is -1.10. The van der Waals surface area contributed by atoms with Gasteiger partial charge in [-0.1, -0.05) is 13.3 Å². The molecule has 1 heterocycles. The highest BCUT2D eigenvalue weighted by Crippen LogP contribution is 2.34. The molecular weight excluding hydrogens is 232 g/mol. The maximum Gasteiger partial charge on any atom is 0.245 e. The molecule has 1 saturated heterocycles. The smallest absolute Gasteiger partial charge is 0.245 e. The maximum absolute atomic E-state index is 12.1. The van der Waals surface area contributed by atoms with Crippen LogP contribution in [0, 0.1) is 5.92 Å². The van der Waals surface area contributed by atoms with E-state index >= 15 is 0 Å². The number of hydrogen-bond donors (Lipinski definition) is 1. The second kappa shape index (κ2) is 6.18. The fourth-order valence-electron chi connectivity index (χ4n) is 2.19. The number of carbonyl (C=O) groups is 2. The van der Waals surface area contributed by atoms with E-state index in [0.717, 1.165) is 32.3 Å². The summed E-state index contributed by atoms with van der Waals surface area (Å²) in [6.45, 7) is 4.08. The first-order valence-electron chi connectivity index (χ1n) is 6.88. The zero-order valence-corrected chi connectivity index (χ0v) is 11.0. The summed E-state index contributed by atoms with van der Waals surface area (Å²) in [5.41, 5.74) is 0. The number of carbonyl (C=O) groups excluding carboxylic acids is 2. The lowest BCUT2D eigenvalue weighted by molar-refractivity contribution is -0.145. The summed E-state index contributed by atoms with van der Waals surface area (Å²) in [5.74, 6) is 0.390. The number of rotatable bonds is 7. The second-order valence-corrected chi connectivity index (χ2v) is 5.11. The monoisotopic (exact) mass is 254 g/mol. The number of piperazine rings is 1. The van der Waals surface area contributed by atoms with Gasteiger partial charge >= 0.3 is 0 Å². The van der Waals surface area contributed by atoms with E-state index in [1.165, 1.54) is 0 Å². The minimum Gasteiger partial charge on any atom is -0.380 e. The third-order valence-electron chi connectivity index (χ3n) is 3.47. The summed E-state index contributed by atoms with van der Waals surface area (Å²) in [6, 6.07) is -0.276. The third-order valence-corrected chi connectivity index (χ3v) is 3.47. The van der Waals surface area contributed by atoms with Gasteiger partial charge in [0.15, 0.2) is 0 Å². The highest BCUT2D eigenvalue weighted by molar-refractivity contribution is 5.95. The van der Waals surface area contributed by atoms with Crippen LogP contribution in [0.3, 0.4) is 0 Å². The van der Waals surface area contributed by atoms with E-state index in [4.69, 9.17) is 4.74 Å². The zero-order chi connectivity index (χ0) is 13.0. The van der Waals surface area contributed by atoms with Crippen LogP contribution in [-0.2, 0) is 14.3 Å². The Morgan fingerprint density at radius 1 is 1.33 bits per heavy atom. The van der Waals surface area contributed by atoms with Gasteiger partial charge in [-0.2, -0.15) is 0 Å². The number of ether oxygens (including phenoxy) is 1. The van der Waals surface area contributed by atoms with Crippen molar-refractivity contribution in [2.45, 2.75) is 38.6 Å². The van der Waals surface area contributed by atoms with E-state index in [-0.39, 0.29) is 24.4 Å². The molecule has 18 heavy (non-hydrogen) atoms. The molecule has 1 aliphatic heterocycles. The van der Waals surface area contributed by atoms with Crippen molar-refractivity contribution < 1.29 is 14.3 Å². The molecule has 2 aliphatic rings. The van der Waals surface area contributed by atoms with E-state index < -0.39 is 0 Å². The number of hydrogen-bond acceptors (Lipinski definition) is 3. The molecule has 1 N–H and O–H groups in total. The van der Waals surface area contributed by atoms with E-state index in [0.29, 0.717) is 19.1 Å². The first-order valence-corrected chi connectivity index (χ1v) is 6.88. The number of nitrogens with zero attached hydrogens (tertiary/aromatic N) is 1. The van der Waals surface area contributed by atoms with Crippen LogP contribution in [-0.4, -0.2) is 49.1 Å². The third kappa shape index (κ3) is 3.45. The Bertz CT molecular complexity index is 315. The van der Waals surface area contributed by atoms with Crippen molar-refractivity contribution in [1.82, 2.24) is 10.2 Å². The van der Waals surface area contributed by atoms with E-state index in [1.54, 1.807) is 4.90 Å². The molecule has 0 aromatic heterocycles. The molecule has 0 spiro atoms. The lowest BCUT2D eigenvalue weighted by Crippen LogP contribution is -2.59. The van der Waals surface area contributed by atoms with Gasteiger partial charge < -0.3 is 15.0 Å². The summed E-state index contributed by atoms with van der Waals surface area (Å²) < 4.78 is 5.45. The van der Waals surface area contributed by atoms with Gasteiger partial charge in [0, 0.05) is 13.2 Å². The predicted octanol–water partition coefficient (Wildman–Crippen LogP) is 0.540. The number of amides is 2. The lowest BCUT2D eigenvalue weighted by atomic mass is 10.1. The molecule has 2 fully saturated rings. The first-order chi connectivity index (χ1) is 8.72. The zero-order valence-electron chi connectivity index (χ0n) is 11.0. The van der Waals surface area contributed by atoms with E-state index in [1.807, 2.05) is 0 Å². The molecule has 1 atom stereocenters. The van der Waals surface area contributed by atoms with Gasteiger partial charge in [-0.25, -0.2) is 0 Å². The summed E-state index contributed by atoms with van der Waals surface area (Å²) in [7, 11) is 0.